The standard InChI is InChI=1S/C8H14N4O2S2/c1-12(6-4-2-3-5-6)16(13,14)8-11-10-7(9)15-8/h6H,2-5H2,1H3,(H2,9,10). The van der Waals surface area contributed by atoms with Crippen molar-refractivity contribution in [3.8, 4) is 0 Å². The van der Waals surface area contributed by atoms with Gasteiger partial charge in [-0.3, -0.25) is 0 Å². The van der Waals surface area contributed by atoms with Crippen molar-refractivity contribution in [2.24, 2.45) is 0 Å². The molecule has 1 aromatic rings. The van der Waals surface area contributed by atoms with Crippen LogP contribution >= 0.6 is 11.3 Å². The molecule has 0 amide bonds. The lowest BCUT2D eigenvalue weighted by molar-refractivity contribution is 0.372. The molecular weight excluding hydrogens is 248 g/mol. The SMILES string of the molecule is CN(C1CCCC1)S(=O)(=O)c1nnc(N)s1. The number of sulfonamides is 1. The highest BCUT2D eigenvalue weighted by Crippen LogP contribution is 2.28. The average Bonchev–Trinajstić information content (AvgIpc) is 2.86. The van der Waals surface area contributed by atoms with Crippen LogP contribution in [0, 0.1) is 0 Å². The maximum atomic E-state index is 12.1. The van der Waals surface area contributed by atoms with Crippen molar-refractivity contribution in [3.63, 3.8) is 0 Å². The van der Waals surface area contributed by atoms with Crippen LogP contribution in [-0.4, -0.2) is 36.0 Å². The first-order valence-electron chi connectivity index (χ1n) is 5.09. The molecule has 0 spiro atoms. The van der Waals surface area contributed by atoms with Crippen LogP contribution in [0.15, 0.2) is 4.34 Å². The Morgan fingerprint density at radius 1 is 1.38 bits per heavy atom. The maximum absolute atomic E-state index is 12.1. The summed E-state index contributed by atoms with van der Waals surface area (Å²) in [6.45, 7) is 0. The van der Waals surface area contributed by atoms with Gasteiger partial charge in [-0.15, -0.1) is 10.2 Å². The molecule has 90 valence electrons. The van der Waals surface area contributed by atoms with Crippen molar-refractivity contribution < 1.29 is 8.42 Å². The largest absolute Gasteiger partial charge is 0.374 e. The molecule has 0 aromatic carbocycles. The van der Waals surface area contributed by atoms with E-state index in [2.05, 4.69) is 10.2 Å². The molecule has 1 heterocycles. The van der Waals surface area contributed by atoms with E-state index in [4.69, 9.17) is 5.73 Å². The third kappa shape index (κ3) is 2.04. The molecule has 1 aliphatic rings. The van der Waals surface area contributed by atoms with Crippen LogP contribution in [0.1, 0.15) is 25.7 Å². The number of hydrogen-bond acceptors (Lipinski definition) is 6. The van der Waals surface area contributed by atoms with Crippen LogP contribution < -0.4 is 5.73 Å². The minimum absolute atomic E-state index is 0.0144. The molecule has 6 nitrogen and oxygen atoms in total. The van der Waals surface area contributed by atoms with E-state index < -0.39 is 10.0 Å². The summed E-state index contributed by atoms with van der Waals surface area (Å²) in [6.07, 6.45) is 4.01. The van der Waals surface area contributed by atoms with Crippen LogP contribution in [0.2, 0.25) is 0 Å². The highest BCUT2D eigenvalue weighted by Gasteiger charge is 2.32. The first-order chi connectivity index (χ1) is 7.51. The summed E-state index contributed by atoms with van der Waals surface area (Å²) in [5.74, 6) is 0. The second-order valence-corrected chi connectivity index (χ2v) is 7.05. The average molecular weight is 262 g/mol. The van der Waals surface area contributed by atoms with Crippen molar-refractivity contribution in [1.82, 2.24) is 14.5 Å². The predicted octanol–water partition coefficient (Wildman–Crippen LogP) is 0.683. The summed E-state index contributed by atoms with van der Waals surface area (Å²) >= 11 is 0.908. The fraction of sp³-hybridized carbons (Fsp3) is 0.750. The molecule has 0 unspecified atom stereocenters. The van der Waals surface area contributed by atoms with Gasteiger partial charge < -0.3 is 5.73 Å². The lowest BCUT2D eigenvalue weighted by Gasteiger charge is -2.21. The van der Waals surface area contributed by atoms with Gasteiger partial charge in [-0.05, 0) is 12.8 Å². The van der Waals surface area contributed by atoms with Crippen molar-refractivity contribution in [3.05, 3.63) is 0 Å². The zero-order valence-electron chi connectivity index (χ0n) is 8.96. The highest BCUT2D eigenvalue weighted by molar-refractivity contribution is 7.91. The summed E-state index contributed by atoms with van der Waals surface area (Å²) < 4.78 is 25.6. The zero-order chi connectivity index (χ0) is 11.8. The number of nitrogens with two attached hydrogens (primary N) is 1. The van der Waals surface area contributed by atoms with Gasteiger partial charge in [-0.1, -0.05) is 24.2 Å². The van der Waals surface area contributed by atoms with Crippen LogP contribution in [0.4, 0.5) is 5.13 Å². The molecule has 1 fully saturated rings. The van der Waals surface area contributed by atoms with E-state index in [1.54, 1.807) is 7.05 Å². The number of rotatable bonds is 3. The van der Waals surface area contributed by atoms with E-state index in [-0.39, 0.29) is 15.5 Å². The summed E-state index contributed by atoms with van der Waals surface area (Å²) in [6, 6.07) is 0.0927. The lowest BCUT2D eigenvalue weighted by Crippen LogP contribution is -2.35. The molecule has 0 saturated heterocycles. The van der Waals surface area contributed by atoms with Gasteiger partial charge in [0.25, 0.3) is 10.0 Å². The Bertz CT molecular complexity index is 464. The first kappa shape index (κ1) is 11.7. The van der Waals surface area contributed by atoms with Crippen molar-refractivity contribution in [2.45, 2.75) is 36.1 Å². The Morgan fingerprint density at radius 2 is 2.00 bits per heavy atom. The fourth-order valence-corrected chi connectivity index (χ4v) is 4.28. The van der Waals surface area contributed by atoms with E-state index >= 15 is 0 Å². The smallest absolute Gasteiger partial charge is 0.272 e. The van der Waals surface area contributed by atoms with E-state index in [1.165, 1.54) is 4.31 Å². The third-order valence-corrected chi connectivity index (χ3v) is 5.87. The summed E-state index contributed by atoms with van der Waals surface area (Å²) in [7, 11) is -1.90. The Labute approximate surface area is 98.5 Å². The molecule has 16 heavy (non-hydrogen) atoms. The number of aromatic nitrogens is 2. The second kappa shape index (κ2) is 4.27. The Hall–Kier alpha value is -0.730. The van der Waals surface area contributed by atoms with Gasteiger partial charge in [-0.25, -0.2) is 8.42 Å². The van der Waals surface area contributed by atoms with Gasteiger partial charge in [0.2, 0.25) is 9.47 Å². The Kier molecular flexibility index (Phi) is 3.13. The molecule has 2 N–H and O–H groups in total. The van der Waals surface area contributed by atoms with Crippen LogP contribution in [-0.2, 0) is 10.0 Å². The predicted molar refractivity (Wildman–Crippen MR) is 61.5 cm³/mol. The minimum atomic E-state index is -3.50. The van der Waals surface area contributed by atoms with E-state index in [9.17, 15) is 8.42 Å². The van der Waals surface area contributed by atoms with Crippen molar-refractivity contribution in [2.75, 3.05) is 12.8 Å². The number of anilines is 1. The monoisotopic (exact) mass is 262 g/mol. The topological polar surface area (TPSA) is 89.2 Å². The first-order valence-corrected chi connectivity index (χ1v) is 7.34. The van der Waals surface area contributed by atoms with Gasteiger partial charge >= 0.3 is 0 Å². The van der Waals surface area contributed by atoms with Crippen LogP contribution in [0.3, 0.4) is 0 Å². The molecule has 2 rings (SSSR count). The van der Waals surface area contributed by atoms with E-state index in [0.29, 0.717) is 0 Å². The Morgan fingerprint density at radius 3 is 2.50 bits per heavy atom. The summed E-state index contributed by atoms with van der Waals surface area (Å²) in [5.41, 5.74) is 5.39. The van der Waals surface area contributed by atoms with E-state index in [1.807, 2.05) is 0 Å². The van der Waals surface area contributed by atoms with Crippen LogP contribution in [0.25, 0.3) is 0 Å². The number of nitrogens with zero attached hydrogens (tertiary/aromatic N) is 3. The number of nitrogen functional groups attached to an aromatic ring is 1. The molecule has 8 heteroatoms. The molecule has 0 radical (unpaired) electrons. The number of hydrogen-bond donors (Lipinski definition) is 1. The summed E-state index contributed by atoms with van der Waals surface area (Å²) in [5, 5.41) is 7.31. The van der Waals surface area contributed by atoms with Gasteiger partial charge in [0.15, 0.2) is 0 Å². The molecule has 0 bridgehead atoms. The van der Waals surface area contributed by atoms with Crippen molar-refractivity contribution >= 4 is 26.5 Å². The van der Waals surface area contributed by atoms with Crippen LogP contribution in [0.5, 0.6) is 0 Å². The molecule has 1 aromatic heterocycles. The fourth-order valence-electron chi connectivity index (χ4n) is 1.91. The zero-order valence-corrected chi connectivity index (χ0v) is 10.6. The van der Waals surface area contributed by atoms with Gasteiger partial charge in [-0.2, -0.15) is 4.31 Å². The quantitative estimate of drug-likeness (QED) is 0.865. The molecule has 1 saturated carbocycles. The second-order valence-electron chi connectivity index (χ2n) is 3.87. The molecule has 0 atom stereocenters. The normalized spacial score (nSPS) is 18.4. The molecule has 1 aliphatic carbocycles. The Balaban J connectivity index is 2.24. The summed E-state index contributed by atoms with van der Waals surface area (Å²) in [4.78, 5) is 0. The maximum Gasteiger partial charge on any atom is 0.272 e. The highest BCUT2D eigenvalue weighted by atomic mass is 32.2. The van der Waals surface area contributed by atoms with E-state index in [0.717, 1.165) is 37.0 Å². The minimum Gasteiger partial charge on any atom is -0.374 e. The third-order valence-electron chi connectivity index (χ3n) is 2.86. The van der Waals surface area contributed by atoms with Gasteiger partial charge in [0, 0.05) is 13.1 Å². The van der Waals surface area contributed by atoms with Crippen molar-refractivity contribution in [1.29, 1.82) is 0 Å². The molecular formula is C8H14N4O2S2. The van der Waals surface area contributed by atoms with Gasteiger partial charge in [0.1, 0.15) is 0 Å². The molecule has 0 aliphatic heterocycles. The lowest BCUT2D eigenvalue weighted by atomic mass is 10.3. The van der Waals surface area contributed by atoms with Gasteiger partial charge in [0.05, 0.1) is 0 Å².